The van der Waals surface area contributed by atoms with Crippen molar-refractivity contribution in [3.8, 4) is 0 Å². The van der Waals surface area contributed by atoms with Gasteiger partial charge in [0.15, 0.2) is 0 Å². The van der Waals surface area contributed by atoms with Gasteiger partial charge in [-0.1, -0.05) is 24.3 Å². The van der Waals surface area contributed by atoms with Crippen molar-refractivity contribution >= 4 is 23.7 Å². The van der Waals surface area contributed by atoms with Crippen LogP contribution in [0.5, 0.6) is 0 Å². The third kappa shape index (κ3) is 7.79. The summed E-state index contributed by atoms with van der Waals surface area (Å²) in [6.07, 6.45) is 2.51. The Bertz CT molecular complexity index is 566. The Hall–Kier alpha value is -1.73. The van der Waals surface area contributed by atoms with Gasteiger partial charge in [-0.3, -0.25) is 9.69 Å². The second-order valence-electron chi connectivity index (χ2n) is 6.34. The molecule has 0 saturated heterocycles. The summed E-state index contributed by atoms with van der Waals surface area (Å²) < 4.78 is 0. The van der Waals surface area contributed by atoms with E-state index in [-0.39, 0.29) is 5.91 Å². The predicted molar refractivity (Wildman–Crippen MR) is 104 cm³/mol. The Balaban J connectivity index is 2.72. The van der Waals surface area contributed by atoms with E-state index in [1.54, 1.807) is 11.8 Å². The summed E-state index contributed by atoms with van der Waals surface area (Å²) in [4.78, 5) is 25.8. The maximum Gasteiger partial charge on any atom is 0.312 e. The van der Waals surface area contributed by atoms with Crippen LogP contribution < -0.4 is 16.4 Å². The Morgan fingerprint density at radius 2 is 1.88 bits per heavy atom. The summed E-state index contributed by atoms with van der Waals surface area (Å²) in [5.74, 6) is 0.564. The molecule has 0 aromatic heterocycles. The standard InChI is InChI=1S/C18H30N4O2S/c1-13(2)22(3)12-15-8-6-5-7-14(15)11-20-17(23)16(9-10-25-4)21-18(19)24/h5-8,13,16H,9-12H2,1-4H3,(H,20,23)(H3,19,21,24). The lowest BCUT2D eigenvalue weighted by Gasteiger charge is -2.23. The number of hydrogen-bond donors (Lipinski definition) is 3. The van der Waals surface area contributed by atoms with Gasteiger partial charge in [0.1, 0.15) is 6.04 Å². The molecule has 0 aliphatic carbocycles. The SMILES string of the molecule is CSCCC(NC(N)=O)C(=O)NCc1ccccc1CN(C)C(C)C. The molecule has 25 heavy (non-hydrogen) atoms. The average Bonchev–Trinajstić information content (AvgIpc) is 2.57. The highest BCUT2D eigenvalue weighted by atomic mass is 32.2. The number of rotatable bonds is 10. The van der Waals surface area contributed by atoms with Crippen molar-refractivity contribution in [1.29, 1.82) is 0 Å². The first-order valence-electron chi connectivity index (χ1n) is 8.44. The molecule has 0 aliphatic rings. The second kappa shape index (κ2) is 11.0. The molecule has 0 heterocycles. The third-order valence-electron chi connectivity index (χ3n) is 4.12. The van der Waals surface area contributed by atoms with Crippen LogP contribution in [0.3, 0.4) is 0 Å². The maximum absolute atomic E-state index is 12.4. The van der Waals surface area contributed by atoms with Crippen molar-refractivity contribution in [2.24, 2.45) is 5.73 Å². The van der Waals surface area contributed by atoms with Crippen LogP contribution in [0, 0.1) is 0 Å². The fourth-order valence-corrected chi connectivity index (χ4v) is 2.79. The molecule has 1 aromatic carbocycles. The molecule has 0 aliphatic heterocycles. The van der Waals surface area contributed by atoms with Crippen LogP contribution in [-0.2, 0) is 17.9 Å². The molecule has 1 rings (SSSR count). The molecule has 1 atom stereocenters. The summed E-state index contributed by atoms with van der Waals surface area (Å²) >= 11 is 1.62. The maximum atomic E-state index is 12.4. The van der Waals surface area contributed by atoms with Crippen molar-refractivity contribution in [1.82, 2.24) is 15.5 Å². The number of amides is 3. The second-order valence-corrected chi connectivity index (χ2v) is 7.32. The molecule has 6 nitrogen and oxygen atoms in total. The quantitative estimate of drug-likeness (QED) is 0.590. The number of thioether (sulfide) groups is 1. The van der Waals surface area contributed by atoms with Crippen LogP contribution in [0.15, 0.2) is 24.3 Å². The van der Waals surface area contributed by atoms with E-state index >= 15 is 0 Å². The van der Waals surface area contributed by atoms with E-state index in [0.717, 1.165) is 17.9 Å². The fraction of sp³-hybridized carbons (Fsp3) is 0.556. The van der Waals surface area contributed by atoms with Gasteiger partial charge < -0.3 is 16.4 Å². The molecule has 3 amide bonds. The van der Waals surface area contributed by atoms with Gasteiger partial charge in [-0.25, -0.2) is 4.79 Å². The van der Waals surface area contributed by atoms with Crippen LogP contribution in [0.4, 0.5) is 4.79 Å². The molecule has 4 N–H and O–H groups in total. The monoisotopic (exact) mass is 366 g/mol. The minimum absolute atomic E-state index is 0.208. The van der Waals surface area contributed by atoms with E-state index in [2.05, 4.69) is 42.5 Å². The van der Waals surface area contributed by atoms with Gasteiger partial charge in [-0.05, 0) is 50.5 Å². The van der Waals surface area contributed by atoms with Crippen LogP contribution in [0.25, 0.3) is 0 Å². The van der Waals surface area contributed by atoms with Gasteiger partial charge >= 0.3 is 6.03 Å². The Labute approximate surface area is 154 Å². The Morgan fingerprint density at radius 3 is 2.44 bits per heavy atom. The number of hydrogen-bond acceptors (Lipinski definition) is 4. The largest absolute Gasteiger partial charge is 0.352 e. The number of carbonyl (C=O) groups excluding carboxylic acids is 2. The van der Waals surface area contributed by atoms with E-state index < -0.39 is 12.1 Å². The number of primary amides is 1. The molecular weight excluding hydrogens is 336 g/mol. The lowest BCUT2D eigenvalue weighted by Crippen LogP contribution is -2.48. The zero-order valence-corrected chi connectivity index (χ0v) is 16.4. The van der Waals surface area contributed by atoms with Crippen molar-refractivity contribution < 1.29 is 9.59 Å². The molecule has 140 valence electrons. The van der Waals surface area contributed by atoms with Crippen molar-refractivity contribution in [2.75, 3.05) is 19.1 Å². The first kappa shape index (κ1) is 21.3. The highest BCUT2D eigenvalue weighted by Crippen LogP contribution is 2.12. The smallest absolute Gasteiger partial charge is 0.312 e. The number of nitrogens with zero attached hydrogens (tertiary/aromatic N) is 1. The molecule has 0 radical (unpaired) electrons. The van der Waals surface area contributed by atoms with E-state index in [9.17, 15) is 9.59 Å². The first-order valence-corrected chi connectivity index (χ1v) is 9.84. The molecule has 1 aromatic rings. The van der Waals surface area contributed by atoms with Crippen LogP contribution in [-0.4, -0.2) is 48.0 Å². The van der Waals surface area contributed by atoms with Crippen molar-refractivity contribution in [3.63, 3.8) is 0 Å². The van der Waals surface area contributed by atoms with Gasteiger partial charge in [-0.2, -0.15) is 11.8 Å². The normalized spacial score (nSPS) is 12.2. The van der Waals surface area contributed by atoms with E-state index in [1.807, 2.05) is 24.5 Å². The summed E-state index contributed by atoms with van der Waals surface area (Å²) in [6.45, 7) is 5.54. The number of nitrogens with one attached hydrogen (secondary N) is 2. The third-order valence-corrected chi connectivity index (χ3v) is 4.76. The minimum atomic E-state index is -0.680. The number of urea groups is 1. The molecule has 0 spiro atoms. The minimum Gasteiger partial charge on any atom is -0.352 e. The van der Waals surface area contributed by atoms with E-state index in [1.165, 1.54) is 5.56 Å². The number of nitrogens with two attached hydrogens (primary N) is 1. The summed E-state index contributed by atoms with van der Waals surface area (Å²) in [6, 6.07) is 7.22. The fourth-order valence-electron chi connectivity index (χ4n) is 2.32. The molecule has 1 unspecified atom stereocenters. The lowest BCUT2D eigenvalue weighted by atomic mass is 10.1. The highest BCUT2D eigenvalue weighted by molar-refractivity contribution is 7.98. The summed E-state index contributed by atoms with van der Waals surface area (Å²) in [5.41, 5.74) is 7.43. The molecule has 0 saturated carbocycles. The van der Waals surface area contributed by atoms with Gasteiger partial charge in [0.25, 0.3) is 0 Å². The number of carbonyl (C=O) groups is 2. The zero-order valence-electron chi connectivity index (χ0n) is 15.5. The van der Waals surface area contributed by atoms with Gasteiger partial charge in [0.2, 0.25) is 5.91 Å². The molecule has 0 bridgehead atoms. The number of benzene rings is 1. The Morgan fingerprint density at radius 1 is 1.24 bits per heavy atom. The van der Waals surface area contributed by atoms with E-state index in [0.29, 0.717) is 19.0 Å². The van der Waals surface area contributed by atoms with Crippen molar-refractivity contribution in [3.05, 3.63) is 35.4 Å². The summed E-state index contributed by atoms with van der Waals surface area (Å²) in [5, 5.41) is 5.44. The zero-order chi connectivity index (χ0) is 18.8. The highest BCUT2D eigenvalue weighted by Gasteiger charge is 2.19. The van der Waals surface area contributed by atoms with Gasteiger partial charge in [0, 0.05) is 19.1 Å². The predicted octanol–water partition coefficient (Wildman–Crippen LogP) is 1.93. The van der Waals surface area contributed by atoms with Crippen LogP contribution in [0.2, 0.25) is 0 Å². The van der Waals surface area contributed by atoms with Gasteiger partial charge in [0.05, 0.1) is 0 Å². The first-order chi connectivity index (χ1) is 11.8. The molecule has 7 heteroatoms. The van der Waals surface area contributed by atoms with Crippen molar-refractivity contribution in [2.45, 2.75) is 45.4 Å². The van der Waals surface area contributed by atoms with E-state index in [4.69, 9.17) is 5.73 Å². The Kier molecular flexibility index (Phi) is 9.37. The topological polar surface area (TPSA) is 87.5 Å². The lowest BCUT2D eigenvalue weighted by molar-refractivity contribution is -0.123. The average molecular weight is 367 g/mol. The summed E-state index contributed by atoms with van der Waals surface area (Å²) in [7, 11) is 2.08. The van der Waals surface area contributed by atoms with Gasteiger partial charge in [-0.15, -0.1) is 0 Å². The molecular formula is C18H30N4O2S. The molecule has 0 fully saturated rings. The van der Waals surface area contributed by atoms with Crippen LogP contribution >= 0.6 is 11.8 Å². The van der Waals surface area contributed by atoms with Crippen LogP contribution in [0.1, 0.15) is 31.4 Å².